The largest absolute Gasteiger partial charge is 0.339 e. The Morgan fingerprint density at radius 3 is 2.50 bits per heavy atom. The van der Waals surface area contributed by atoms with Crippen LogP contribution in [0.1, 0.15) is 38.2 Å². The van der Waals surface area contributed by atoms with Crippen LogP contribution >= 0.6 is 0 Å². The van der Waals surface area contributed by atoms with Crippen LogP contribution < -0.4 is 9.80 Å². The van der Waals surface area contributed by atoms with E-state index in [1.165, 1.54) is 5.56 Å². The number of carbonyl (C=O) groups excluding carboxylic acids is 2. The van der Waals surface area contributed by atoms with E-state index >= 15 is 0 Å². The van der Waals surface area contributed by atoms with E-state index in [1.807, 2.05) is 28.0 Å². The number of para-hydroxylation sites is 1. The third-order valence-corrected chi connectivity index (χ3v) is 6.27. The van der Waals surface area contributed by atoms with Crippen molar-refractivity contribution in [3.63, 3.8) is 0 Å². The van der Waals surface area contributed by atoms with Crippen molar-refractivity contribution in [2.75, 3.05) is 42.5 Å². The molecule has 1 aromatic heterocycles. The van der Waals surface area contributed by atoms with Crippen LogP contribution in [-0.2, 0) is 9.59 Å². The number of carbonyl (C=O) groups is 2. The summed E-state index contributed by atoms with van der Waals surface area (Å²) < 4.78 is 0. The molecular weight excluding hydrogens is 378 g/mol. The Morgan fingerprint density at radius 2 is 1.80 bits per heavy atom. The Kier molecular flexibility index (Phi) is 5.97. The standard InChI is InChI=1S/C23H29N5O2/c1-3-17(2)19-7-4-5-8-20(19)28-16-18(15-21(28)29)22(30)26-11-13-27(14-12-26)23-24-9-6-10-25-23/h4-10,17-18H,3,11-16H2,1-2H3. The minimum atomic E-state index is -0.276. The molecule has 7 nitrogen and oxygen atoms in total. The smallest absolute Gasteiger partial charge is 0.228 e. The van der Waals surface area contributed by atoms with Crippen molar-refractivity contribution in [3.05, 3.63) is 48.3 Å². The van der Waals surface area contributed by atoms with Gasteiger partial charge in [0.05, 0.1) is 5.92 Å². The molecule has 2 unspecified atom stereocenters. The summed E-state index contributed by atoms with van der Waals surface area (Å²) >= 11 is 0. The molecule has 0 aliphatic carbocycles. The van der Waals surface area contributed by atoms with Crippen LogP contribution in [-0.4, -0.2) is 59.4 Å². The first-order valence-electron chi connectivity index (χ1n) is 10.8. The molecule has 2 fully saturated rings. The Balaban J connectivity index is 1.41. The van der Waals surface area contributed by atoms with Crippen LogP contribution in [0.3, 0.4) is 0 Å². The quantitative estimate of drug-likeness (QED) is 0.762. The first-order valence-corrected chi connectivity index (χ1v) is 10.8. The average Bonchev–Trinajstić information content (AvgIpc) is 3.20. The number of aromatic nitrogens is 2. The summed E-state index contributed by atoms with van der Waals surface area (Å²) in [6, 6.07) is 9.88. The van der Waals surface area contributed by atoms with Crippen LogP contribution in [0.4, 0.5) is 11.6 Å². The van der Waals surface area contributed by atoms with E-state index in [4.69, 9.17) is 0 Å². The molecule has 2 saturated heterocycles. The molecule has 0 bridgehead atoms. The van der Waals surface area contributed by atoms with Crippen LogP contribution in [0.2, 0.25) is 0 Å². The van der Waals surface area contributed by atoms with E-state index in [1.54, 1.807) is 18.5 Å². The molecule has 0 N–H and O–H groups in total. The van der Waals surface area contributed by atoms with Gasteiger partial charge in [0.25, 0.3) is 0 Å². The summed E-state index contributed by atoms with van der Waals surface area (Å²) in [7, 11) is 0. The predicted molar refractivity (Wildman–Crippen MR) is 116 cm³/mol. The van der Waals surface area contributed by atoms with Crippen molar-refractivity contribution in [2.24, 2.45) is 5.92 Å². The molecule has 2 aromatic rings. The van der Waals surface area contributed by atoms with Crippen LogP contribution in [0.25, 0.3) is 0 Å². The van der Waals surface area contributed by atoms with Crippen molar-refractivity contribution in [3.8, 4) is 0 Å². The number of hydrogen-bond acceptors (Lipinski definition) is 5. The van der Waals surface area contributed by atoms with Crippen molar-refractivity contribution in [1.29, 1.82) is 0 Å². The monoisotopic (exact) mass is 407 g/mol. The van der Waals surface area contributed by atoms with Gasteiger partial charge in [0.2, 0.25) is 17.8 Å². The van der Waals surface area contributed by atoms with Crippen LogP contribution in [0.5, 0.6) is 0 Å². The summed E-state index contributed by atoms with van der Waals surface area (Å²) in [5.41, 5.74) is 2.14. The highest BCUT2D eigenvalue weighted by Crippen LogP contribution is 2.34. The molecule has 2 aliphatic rings. The maximum atomic E-state index is 13.1. The highest BCUT2D eigenvalue weighted by Gasteiger charge is 2.38. The summed E-state index contributed by atoms with van der Waals surface area (Å²) in [4.78, 5) is 40.3. The Morgan fingerprint density at radius 1 is 1.10 bits per heavy atom. The van der Waals surface area contributed by atoms with Crippen molar-refractivity contribution >= 4 is 23.5 Å². The van der Waals surface area contributed by atoms with E-state index < -0.39 is 0 Å². The van der Waals surface area contributed by atoms with Gasteiger partial charge in [-0.3, -0.25) is 9.59 Å². The Labute approximate surface area is 177 Å². The molecule has 0 radical (unpaired) electrons. The Bertz CT molecular complexity index is 895. The van der Waals surface area contributed by atoms with Crippen LogP contribution in [0, 0.1) is 5.92 Å². The lowest BCUT2D eigenvalue weighted by atomic mass is 9.96. The van der Waals surface area contributed by atoms with E-state index in [0.717, 1.165) is 12.1 Å². The fraction of sp³-hybridized carbons (Fsp3) is 0.478. The molecule has 2 aliphatic heterocycles. The van der Waals surface area contributed by atoms with Crippen molar-refractivity contribution in [1.82, 2.24) is 14.9 Å². The normalized spacial score (nSPS) is 20.5. The van der Waals surface area contributed by atoms with Gasteiger partial charge in [-0.1, -0.05) is 32.0 Å². The number of benzene rings is 1. The number of hydrogen-bond donors (Lipinski definition) is 0. The van der Waals surface area contributed by atoms with Crippen molar-refractivity contribution < 1.29 is 9.59 Å². The van der Waals surface area contributed by atoms with Crippen molar-refractivity contribution in [2.45, 2.75) is 32.6 Å². The molecule has 30 heavy (non-hydrogen) atoms. The first kappa shape index (κ1) is 20.3. The highest BCUT2D eigenvalue weighted by molar-refractivity contribution is 6.01. The van der Waals surface area contributed by atoms with Gasteiger partial charge in [0.15, 0.2) is 0 Å². The molecular formula is C23H29N5O2. The SMILES string of the molecule is CCC(C)c1ccccc1N1CC(C(=O)N2CCN(c3ncccn3)CC2)CC1=O. The minimum absolute atomic E-state index is 0.0421. The molecule has 2 atom stereocenters. The maximum Gasteiger partial charge on any atom is 0.228 e. The second-order valence-corrected chi connectivity index (χ2v) is 8.13. The van der Waals surface area contributed by atoms with Gasteiger partial charge >= 0.3 is 0 Å². The zero-order chi connectivity index (χ0) is 21.1. The van der Waals surface area contributed by atoms with Crippen LogP contribution in [0.15, 0.2) is 42.7 Å². The predicted octanol–water partition coefficient (Wildman–Crippen LogP) is 2.69. The molecule has 1 aromatic carbocycles. The lowest BCUT2D eigenvalue weighted by Gasteiger charge is -2.35. The summed E-state index contributed by atoms with van der Waals surface area (Å²) in [6.07, 6.45) is 4.76. The fourth-order valence-electron chi connectivity index (χ4n) is 4.32. The van der Waals surface area contributed by atoms with Gasteiger partial charge in [0.1, 0.15) is 0 Å². The van der Waals surface area contributed by atoms with Gasteiger partial charge in [0, 0.05) is 57.2 Å². The topological polar surface area (TPSA) is 69.6 Å². The lowest BCUT2D eigenvalue weighted by molar-refractivity contribution is -0.136. The third-order valence-electron chi connectivity index (χ3n) is 6.27. The van der Waals surface area contributed by atoms with E-state index in [9.17, 15) is 9.59 Å². The van der Waals surface area contributed by atoms with Gasteiger partial charge in [-0.05, 0) is 30.0 Å². The highest BCUT2D eigenvalue weighted by atomic mass is 16.2. The zero-order valence-electron chi connectivity index (χ0n) is 17.7. The number of anilines is 2. The summed E-state index contributed by atoms with van der Waals surface area (Å²) in [6.45, 7) is 7.47. The van der Waals surface area contributed by atoms with Gasteiger partial charge in [-0.2, -0.15) is 0 Å². The van der Waals surface area contributed by atoms with Gasteiger partial charge < -0.3 is 14.7 Å². The maximum absolute atomic E-state index is 13.1. The first-order chi connectivity index (χ1) is 14.6. The van der Waals surface area contributed by atoms with E-state index in [-0.39, 0.29) is 24.2 Å². The summed E-state index contributed by atoms with van der Waals surface area (Å²) in [5.74, 6) is 0.924. The van der Waals surface area contributed by atoms with Gasteiger partial charge in [-0.15, -0.1) is 0 Å². The molecule has 0 saturated carbocycles. The number of piperazine rings is 1. The number of nitrogens with zero attached hydrogens (tertiary/aromatic N) is 5. The molecule has 3 heterocycles. The fourth-order valence-corrected chi connectivity index (χ4v) is 4.32. The Hall–Kier alpha value is -2.96. The average molecular weight is 408 g/mol. The zero-order valence-corrected chi connectivity index (χ0v) is 17.7. The number of rotatable bonds is 5. The number of amides is 2. The van der Waals surface area contributed by atoms with E-state index in [2.05, 4.69) is 34.8 Å². The molecule has 7 heteroatoms. The van der Waals surface area contributed by atoms with E-state index in [0.29, 0.717) is 44.6 Å². The minimum Gasteiger partial charge on any atom is -0.339 e. The molecule has 158 valence electrons. The second kappa shape index (κ2) is 8.81. The second-order valence-electron chi connectivity index (χ2n) is 8.13. The lowest BCUT2D eigenvalue weighted by Crippen LogP contribution is -2.51. The molecule has 4 rings (SSSR count). The summed E-state index contributed by atoms with van der Waals surface area (Å²) in [5, 5.41) is 0. The third kappa shape index (κ3) is 4.01. The molecule has 0 spiro atoms. The van der Waals surface area contributed by atoms with Gasteiger partial charge in [-0.25, -0.2) is 9.97 Å². The molecule has 2 amide bonds.